The van der Waals surface area contributed by atoms with Gasteiger partial charge >= 0.3 is 0 Å². The molecule has 0 heterocycles. The van der Waals surface area contributed by atoms with Gasteiger partial charge in [0, 0.05) is 5.92 Å². The molecule has 2 nitrogen and oxygen atoms in total. The first-order valence-electron chi connectivity index (χ1n) is 16.0. The summed E-state index contributed by atoms with van der Waals surface area (Å²) in [4.78, 5) is 0. The molecule has 0 saturated heterocycles. The third-order valence-corrected chi connectivity index (χ3v) is 8.11. The van der Waals surface area contributed by atoms with E-state index in [2.05, 4.69) is 34.7 Å². The van der Waals surface area contributed by atoms with Gasteiger partial charge in [-0.1, -0.05) is 149 Å². The number of aliphatic hydroxyl groups excluding tert-OH is 1. The molecule has 0 aliphatic carbocycles. The van der Waals surface area contributed by atoms with Gasteiger partial charge in [-0.2, -0.15) is 0 Å². The lowest BCUT2D eigenvalue weighted by molar-refractivity contribution is -0.913. The van der Waals surface area contributed by atoms with Crippen LogP contribution in [0.2, 0.25) is 0 Å². The van der Waals surface area contributed by atoms with Crippen LogP contribution in [0.4, 0.5) is 0 Å². The zero-order chi connectivity index (χ0) is 25.3. The van der Waals surface area contributed by atoms with Crippen LogP contribution >= 0.6 is 0 Å². The van der Waals surface area contributed by atoms with Gasteiger partial charge in [-0.25, -0.2) is 0 Å². The minimum atomic E-state index is -0.122. The lowest BCUT2D eigenvalue weighted by Gasteiger charge is -2.37. The molecule has 0 rings (SSSR count). The molecule has 3 unspecified atom stereocenters. The van der Waals surface area contributed by atoms with Gasteiger partial charge in [0.25, 0.3) is 0 Å². The van der Waals surface area contributed by atoms with Crippen LogP contribution in [-0.4, -0.2) is 42.4 Å². The molecule has 3 atom stereocenters. The van der Waals surface area contributed by atoms with Gasteiger partial charge in [-0.3, -0.25) is 0 Å². The molecule has 34 heavy (non-hydrogen) atoms. The second-order valence-electron chi connectivity index (χ2n) is 12.0. The Kier molecular flexibility index (Phi) is 24.5. The van der Waals surface area contributed by atoms with Crippen molar-refractivity contribution in [3.63, 3.8) is 0 Å². The van der Waals surface area contributed by atoms with E-state index in [1.807, 2.05) is 0 Å². The van der Waals surface area contributed by atoms with Crippen LogP contribution in [-0.2, 0) is 0 Å². The fraction of sp³-hybridized carbons (Fsp3) is 1.00. The highest BCUT2D eigenvalue weighted by atomic mass is 16.3. The zero-order valence-electron chi connectivity index (χ0n) is 24.7. The normalized spacial score (nSPS) is 15.4. The predicted molar refractivity (Wildman–Crippen MR) is 155 cm³/mol. The van der Waals surface area contributed by atoms with Crippen LogP contribution in [0, 0.1) is 5.92 Å². The minimum Gasteiger partial charge on any atom is -0.387 e. The minimum absolute atomic E-state index is 0.122. The van der Waals surface area contributed by atoms with E-state index >= 15 is 0 Å². The summed E-state index contributed by atoms with van der Waals surface area (Å²) in [6.07, 6.45) is 30.2. The van der Waals surface area contributed by atoms with E-state index in [1.54, 1.807) is 0 Å². The smallest absolute Gasteiger partial charge is 0.105 e. The van der Waals surface area contributed by atoms with Gasteiger partial charge in [0.1, 0.15) is 12.6 Å². The maximum Gasteiger partial charge on any atom is 0.105 e. The summed E-state index contributed by atoms with van der Waals surface area (Å²) in [5.41, 5.74) is 0. The molecule has 0 radical (unpaired) electrons. The Labute approximate surface area is 217 Å². The van der Waals surface area contributed by atoms with Crippen molar-refractivity contribution in [3.8, 4) is 0 Å². The fourth-order valence-corrected chi connectivity index (χ4v) is 5.62. The average Bonchev–Trinajstić information content (AvgIpc) is 2.81. The SMILES string of the molecule is CCCCCCCCCCCCC(C)C[N+](C)(CC)CC(O)CCCCCCCCCCCC. The molecule has 0 aliphatic rings. The summed E-state index contributed by atoms with van der Waals surface area (Å²) in [7, 11) is 2.37. The number of unbranched alkanes of at least 4 members (excludes halogenated alkanes) is 18. The molecule has 0 saturated carbocycles. The van der Waals surface area contributed by atoms with Gasteiger partial charge in [0.2, 0.25) is 0 Å². The van der Waals surface area contributed by atoms with Crippen molar-refractivity contribution in [2.75, 3.05) is 26.7 Å². The van der Waals surface area contributed by atoms with E-state index in [4.69, 9.17) is 0 Å². The van der Waals surface area contributed by atoms with Crippen LogP contribution in [0.1, 0.15) is 169 Å². The molecule has 1 N–H and O–H groups in total. The predicted octanol–water partition coefficient (Wildman–Crippen LogP) is 10.1. The van der Waals surface area contributed by atoms with Gasteiger partial charge in [0.15, 0.2) is 0 Å². The maximum absolute atomic E-state index is 10.7. The second kappa shape index (κ2) is 24.6. The first kappa shape index (κ1) is 33.9. The highest BCUT2D eigenvalue weighted by molar-refractivity contribution is 4.60. The molecule has 0 aromatic rings. The number of likely N-dealkylation sites (N-methyl/N-ethyl adjacent to an activating group) is 1. The third kappa shape index (κ3) is 22.4. The van der Waals surface area contributed by atoms with E-state index in [0.717, 1.165) is 29.9 Å². The molecular weight excluding hydrogens is 414 g/mol. The van der Waals surface area contributed by atoms with Crippen molar-refractivity contribution < 1.29 is 9.59 Å². The molecular formula is C32H68NO+. The topological polar surface area (TPSA) is 20.2 Å². The van der Waals surface area contributed by atoms with Crippen molar-refractivity contribution >= 4 is 0 Å². The van der Waals surface area contributed by atoms with Crippen LogP contribution in [0.25, 0.3) is 0 Å². The summed E-state index contributed by atoms with van der Waals surface area (Å²) < 4.78 is 1.04. The number of quaternary nitrogens is 1. The van der Waals surface area contributed by atoms with E-state index < -0.39 is 0 Å². The largest absolute Gasteiger partial charge is 0.387 e. The van der Waals surface area contributed by atoms with Gasteiger partial charge in [0.05, 0.1) is 20.1 Å². The van der Waals surface area contributed by atoms with Crippen molar-refractivity contribution in [2.24, 2.45) is 5.92 Å². The standard InChI is InChI=1S/C32H68NO/c1-6-9-11-13-15-17-19-21-23-25-27-31(4)29-33(5,8-3)30-32(34)28-26-24-22-20-18-16-14-12-10-7-2/h31-32,34H,6-30H2,1-5H3/q+1. The van der Waals surface area contributed by atoms with Crippen LogP contribution in [0.15, 0.2) is 0 Å². The molecule has 0 aliphatic heterocycles. The van der Waals surface area contributed by atoms with Gasteiger partial charge in [-0.05, 0) is 19.8 Å². The molecule has 0 amide bonds. The summed E-state index contributed by atoms with van der Waals surface area (Å²) in [6.45, 7) is 12.6. The molecule has 0 aromatic carbocycles. The van der Waals surface area contributed by atoms with Crippen molar-refractivity contribution in [1.29, 1.82) is 0 Å². The Morgan fingerprint density at radius 3 is 1.24 bits per heavy atom. The van der Waals surface area contributed by atoms with Crippen molar-refractivity contribution in [3.05, 3.63) is 0 Å². The lowest BCUT2D eigenvalue weighted by atomic mass is 9.99. The Morgan fingerprint density at radius 2 is 0.853 bits per heavy atom. The first-order valence-corrected chi connectivity index (χ1v) is 16.0. The van der Waals surface area contributed by atoms with E-state index in [1.165, 1.54) is 141 Å². The van der Waals surface area contributed by atoms with Gasteiger partial charge < -0.3 is 9.59 Å². The summed E-state index contributed by atoms with van der Waals surface area (Å²) in [6, 6.07) is 0. The third-order valence-electron chi connectivity index (χ3n) is 8.11. The molecule has 0 bridgehead atoms. The number of hydrogen-bond donors (Lipinski definition) is 1. The summed E-state index contributed by atoms with van der Waals surface area (Å²) >= 11 is 0. The Balaban J connectivity index is 3.76. The van der Waals surface area contributed by atoms with Gasteiger partial charge in [-0.15, -0.1) is 0 Å². The van der Waals surface area contributed by atoms with E-state index in [-0.39, 0.29) is 6.10 Å². The second-order valence-corrected chi connectivity index (χ2v) is 12.0. The number of aliphatic hydroxyl groups is 1. The van der Waals surface area contributed by atoms with E-state index in [0.29, 0.717) is 0 Å². The highest BCUT2D eigenvalue weighted by Gasteiger charge is 2.25. The Hall–Kier alpha value is -0.0800. The van der Waals surface area contributed by atoms with Crippen LogP contribution < -0.4 is 0 Å². The summed E-state index contributed by atoms with van der Waals surface area (Å²) in [5.74, 6) is 0.767. The highest BCUT2D eigenvalue weighted by Crippen LogP contribution is 2.19. The Morgan fingerprint density at radius 1 is 0.500 bits per heavy atom. The molecule has 2 heteroatoms. The van der Waals surface area contributed by atoms with Crippen LogP contribution in [0.3, 0.4) is 0 Å². The average molecular weight is 483 g/mol. The number of nitrogens with zero attached hydrogens (tertiary/aromatic N) is 1. The molecule has 0 fully saturated rings. The fourth-order valence-electron chi connectivity index (χ4n) is 5.62. The molecule has 0 spiro atoms. The Bertz CT molecular complexity index is 364. The zero-order valence-corrected chi connectivity index (χ0v) is 24.7. The number of hydrogen-bond acceptors (Lipinski definition) is 1. The van der Waals surface area contributed by atoms with E-state index in [9.17, 15) is 5.11 Å². The monoisotopic (exact) mass is 483 g/mol. The number of rotatable bonds is 27. The summed E-state index contributed by atoms with van der Waals surface area (Å²) in [5, 5.41) is 10.7. The van der Waals surface area contributed by atoms with Crippen molar-refractivity contribution in [1.82, 2.24) is 0 Å². The lowest BCUT2D eigenvalue weighted by Crippen LogP contribution is -2.51. The maximum atomic E-state index is 10.7. The van der Waals surface area contributed by atoms with Crippen molar-refractivity contribution in [2.45, 2.75) is 175 Å². The van der Waals surface area contributed by atoms with Crippen LogP contribution in [0.5, 0.6) is 0 Å². The quantitative estimate of drug-likeness (QED) is 0.0911. The molecule has 0 aromatic heterocycles. The molecule has 206 valence electrons. The first-order chi connectivity index (χ1) is 16.5.